The molecule has 1 N–H and O–H groups in total. The van der Waals surface area contributed by atoms with Gasteiger partial charge in [-0.1, -0.05) is 19.1 Å². The molecule has 0 aliphatic rings. The summed E-state index contributed by atoms with van der Waals surface area (Å²) in [5, 5.41) is 3.33. The number of aromatic nitrogens is 1. The number of hydrogen-bond donors (Lipinski definition) is 1. The normalized spacial score (nSPS) is 10.4. The quantitative estimate of drug-likeness (QED) is 0.877. The molecule has 0 aliphatic carbocycles. The van der Waals surface area contributed by atoms with Crippen LogP contribution in [0.5, 0.6) is 0 Å². The third-order valence-electron chi connectivity index (χ3n) is 3.23. The van der Waals surface area contributed by atoms with Crippen molar-refractivity contribution in [2.45, 2.75) is 27.2 Å². The number of benzene rings is 1. The molecule has 1 aromatic carbocycles. The van der Waals surface area contributed by atoms with E-state index in [0.29, 0.717) is 0 Å². The Morgan fingerprint density at radius 3 is 2.45 bits per heavy atom. The highest BCUT2D eigenvalue weighted by Crippen LogP contribution is 2.24. The van der Waals surface area contributed by atoms with E-state index in [2.05, 4.69) is 61.2 Å². The third-order valence-corrected chi connectivity index (χ3v) is 3.23. The van der Waals surface area contributed by atoms with Crippen molar-refractivity contribution in [2.75, 3.05) is 23.8 Å². The fourth-order valence-electron chi connectivity index (χ4n) is 2.24. The van der Waals surface area contributed by atoms with Crippen LogP contribution in [-0.4, -0.2) is 18.6 Å². The van der Waals surface area contributed by atoms with E-state index in [1.165, 1.54) is 16.8 Å². The molecule has 1 heterocycles. The molecule has 106 valence electrons. The Balaban J connectivity index is 2.25. The molecule has 0 radical (unpaired) electrons. The number of rotatable bonds is 5. The van der Waals surface area contributed by atoms with E-state index in [0.717, 1.165) is 24.6 Å². The van der Waals surface area contributed by atoms with Crippen molar-refractivity contribution >= 4 is 17.3 Å². The highest BCUT2D eigenvalue weighted by atomic mass is 15.2. The first-order chi connectivity index (χ1) is 9.60. The summed E-state index contributed by atoms with van der Waals surface area (Å²) in [6.45, 7) is 7.34. The number of anilines is 3. The fourth-order valence-corrected chi connectivity index (χ4v) is 2.24. The summed E-state index contributed by atoms with van der Waals surface area (Å²) in [6, 6.07) is 12.6. The lowest BCUT2D eigenvalue weighted by atomic mass is 10.1. The van der Waals surface area contributed by atoms with E-state index >= 15 is 0 Å². The summed E-state index contributed by atoms with van der Waals surface area (Å²) in [5.74, 6) is 1.89. The summed E-state index contributed by atoms with van der Waals surface area (Å²) in [6.07, 6.45) is 1.10. The maximum atomic E-state index is 4.66. The van der Waals surface area contributed by atoms with Gasteiger partial charge in [0.05, 0.1) is 0 Å². The zero-order chi connectivity index (χ0) is 14.5. The second-order valence-corrected chi connectivity index (χ2v) is 5.21. The highest BCUT2D eigenvalue weighted by Gasteiger charge is 2.07. The Morgan fingerprint density at radius 2 is 1.80 bits per heavy atom. The average Bonchev–Trinajstić information content (AvgIpc) is 2.43. The maximum absolute atomic E-state index is 4.66. The van der Waals surface area contributed by atoms with Crippen LogP contribution in [0.3, 0.4) is 0 Å². The molecule has 3 heteroatoms. The first-order valence-electron chi connectivity index (χ1n) is 7.13. The maximum Gasteiger partial charge on any atom is 0.135 e. The minimum absolute atomic E-state index is 0.931. The standard InChI is InChI=1S/C17H23N3/c1-5-9-18-16-7-6-8-17(19-16)20(4)15-11-13(2)10-14(3)12-15/h6-8,10-12H,5,9H2,1-4H3,(H,18,19). The smallest absolute Gasteiger partial charge is 0.135 e. The van der Waals surface area contributed by atoms with Crippen molar-refractivity contribution in [3.8, 4) is 0 Å². The van der Waals surface area contributed by atoms with E-state index in [-0.39, 0.29) is 0 Å². The third kappa shape index (κ3) is 3.50. The summed E-state index contributed by atoms with van der Waals surface area (Å²) >= 11 is 0. The summed E-state index contributed by atoms with van der Waals surface area (Å²) < 4.78 is 0. The van der Waals surface area contributed by atoms with Crippen LogP contribution in [0.25, 0.3) is 0 Å². The highest BCUT2D eigenvalue weighted by molar-refractivity contribution is 5.62. The lowest BCUT2D eigenvalue weighted by molar-refractivity contribution is 0.967. The molecule has 0 unspecified atom stereocenters. The number of aryl methyl sites for hydroxylation is 2. The predicted octanol–water partition coefficient (Wildman–Crippen LogP) is 4.29. The number of nitrogens with one attached hydrogen (secondary N) is 1. The number of hydrogen-bond acceptors (Lipinski definition) is 3. The van der Waals surface area contributed by atoms with E-state index in [1.54, 1.807) is 0 Å². The van der Waals surface area contributed by atoms with E-state index in [9.17, 15) is 0 Å². The molecule has 0 atom stereocenters. The van der Waals surface area contributed by atoms with Gasteiger partial charge in [-0.2, -0.15) is 0 Å². The summed E-state index contributed by atoms with van der Waals surface area (Å²) in [7, 11) is 2.06. The van der Waals surface area contributed by atoms with Crippen molar-refractivity contribution in [1.82, 2.24) is 4.98 Å². The van der Waals surface area contributed by atoms with Gasteiger partial charge >= 0.3 is 0 Å². The zero-order valence-corrected chi connectivity index (χ0v) is 12.8. The second-order valence-electron chi connectivity index (χ2n) is 5.21. The van der Waals surface area contributed by atoms with Gasteiger partial charge in [0, 0.05) is 19.3 Å². The Labute approximate surface area is 121 Å². The predicted molar refractivity (Wildman–Crippen MR) is 87.0 cm³/mol. The molecule has 3 nitrogen and oxygen atoms in total. The first kappa shape index (κ1) is 14.4. The molecule has 0 saturated heterocycles. The molecule has 20 heavy (non-hydrogen) atoms. The monoisotopic (exact) mass is 269 g/mol. The Kier molecular flexibility index (Phi) is 4.61. The Hall–Kier alpha value is -2.03. The molecule has 1 aromatic heterocycles. The Morgan fingerprint density at radius 1 is 1.10 bits per heavy atom. The van der Waals surface area contributed by atoms with Gasteiger partial charge in [-0.05, 0) is 55.7 Å². The average molecular weight is 269 g/mol. The SMILES string of the molecule is CCCNc1cccc(N(C)c2cc(C)cc(C)c2)n1. The molecule has 0 amide bonds. The van der Waals surface area contributed by atoms with Crippen LogP contribution in [0, 0.1) is 13.8 Å². The minimum Gasteiger partial charge on any atom is -0.370 e. The van der Waals surface area contributed by atoms with Crippen LogP contribution in [0.4, 0.5) is 17.3 Å². The van der Waals surface area contributed by atoms with Crippen LogP contribution >= 0.6 is 0 Å². The molecule has 0 saturated carbocycles. The molecule has 0 fully saturated rings. The molecule has 2 aromatic rings. The molecule has 0 bridgehead atoms. The topological polar surface area (TPSA) is 28.2 Å². The van der Waals surface area contributed by atoms with Crippen molar-refractivity contribution in [2.24, 2.45) is 0 Å². The fraction of sp³-hybridized carbons (Fsp3) is 0.353. The van der Waals surface area contributed by atoms with Gasteiger partial charge in [0.2, 0.25) is 0 Å². The molecule has 0 aliphatic heterocycles. The van der Waals surface area contributed by atoms with Gasteiger partial charge in [-0.3, -0.25) is 0 Å². The number of nitrogens with zero attached hydrogens (tertiary/aromatic N) is 2. The van der Waals surface area contributed by atoms with Crippen molar-refractivity contribution in [3.05, 3.63) is 47.5 Å². The summed E-state index contributed by atoms with van der Waals surface area (Å²) in [4.78, 5) is 6.78. The van der Waals surface area contributed by atoms with Gasteiger partial charge in [0.1, 0.15) is 11.6 Å². The number of pyridine rings is 1. The molecule has 2 rings (SSSR count). The van der Waals surface area contributed by atoms with E-state index < -0.39 is 0 Å². The van der Waals surface area contributed by atoms with Crippen molar-refractivity contribution < 1.29 is 0 Å². The zero-order valence-electron chi connectivity index (χ0n) is 12.8. The lowest BCUT2D eigenvalue weighted by Crippen LogP contribution is -2.12. The van der Waals surface area contributed by atoms with E-state index in [4.69, 9.17) is 0 Å². The molecular weight excluding hydrogens is 246 g/mol. The van der Waals surface area contributed by atoms with Crippen LogP contribution in [-0.2, 0) is 0 Å². The van der Waals surface area contributed by atoms with Gasteiger partial charge in [0.15, 0.2) is 0 Å². The molecule has 0 spiro atoms. The van der Waals surface area contributed by atoms with Crippen molar-refractivity contribution in [3.63, 3.8) is 0 Å². The van der Waals surface area contributed by atoms with Gasteiger partial charge in [0.25, 0.3) is 0 Å². The van der Waals surface area contributed by atoms with Crippen molar-refractivity contribution in [1.29, 1.82) is 0 Å². The molecular formula is C17H23N3. The van der Waals surface area contributed by atoms with Gasteiger partial charge in [-0.15, -0.1) is 0 Å². The first-order valence-corrected chi connectivity index (χ1v) is 7.13. The largest absolute Gasteiger partial charge is 0.370 e. The second kappa shape index (κ2) is 6.42. The van der Waals surface area contributed by atoms with Crippen LogP contribution < -0.4 is 10.2 Å². The Bertz CT molecular complexity index is 558. The lowest BCUT2D eigenvalue weighted by Gasteiger charge is -2.20. The van der Waals surface area contributed by atoms with Crippen LogP contribution in [0.15, 0.2) is 36.4 Å². The van der Waals surface area contributed by atoms with E-state index in [1.807, 2.05) is 18.2 Å². The van der Waals surface area contributed by atoms with Gasteiger partial charge in [-0.25, -0.2) is 4.98 Å². The van der Waals surface area contributed by atoms with Gasteiger partial charge < -0.3 is 10.2 Å². The van der Waals surface area contributed by atoms with Crippen LogP contribution in [0.1, 0.15) is 24.5 Å². The van der Waals surface area contributed by atoms with Crippen LogP contribution in [0.2, 0.25) is 0 Å². The minimum atomic E-state index is 0.931. The summed E-state index contributed by atoms with van der Waals surface area (Å²) in [5.41, 5.74) is 3.71.